The number of piperidine rings is 1. The zero-order valence-corrected chi connectivity index (χ0v) is 13.8. The molecule has 1 atom stereocenters. The predicted octanol–water partition coefficient (Wildman–Crippen LogP) is 2.84. The van der Waals surface area contributed by atoms with Crippen LogP contribution < -0.4 is 5.32 Å². The van der Waals surface area contributed by atoms with Crippen LogP contribution in [-0.2, 0) is 4.79 Å². The molecule has 1 heterocycles. The zero-order valence-electron chi connectivity index (χ0n) is 13.8. The van der Waals surface area contributed by atoms with Crippen molar-refractivity contribution in [2.75, 3.05) is 19.6 Å². The lowest BCUT2D eigenvalue weighted by atomic mass is 9.96. The largest absolute Gasteiger partial charge is 0.356 e. The zero-order chi connectivity index (χ0) is 16.8. The third-order valence-corrected chi connectivity index (χ3v) is 4.19. The second kappa shape index (κ2) is 8.09. The van der Waals surface area contributed by atoms with Gasteiger partial charge in [0, 0.05) is 25.2 Å². The molecule has 0 bridgehead atoms. The molecule has 1 aromatic carbocycles. The summed E-state index contributed by atoms with van der Waals surface area (Å²) in [6.45, 7) is 6.00. The number of hydrogen-bond donors (Lipinski definition) is 1. The van der Waals surface area contributed by atoms with Gasteiger partial charge in [-0.3, -0.25) is 9.59 Å². The molecule has 1 aromatic rings. The lowest BCUT2D eigenvalue weighted by Gasteiger charge is -2.32. The number of rotatable bonds is 5. The summed E-state index contributed by atoms with van der Waals surface area (Å²) in [7, 11) is 0. The van der Waals surface area contributed by atoms with Crippen molar-refractivity contribution in [3.8, 4) is 0 Å². The number of carbonyl (C=O) groups excluding carboxylic acids is 2. The van der Waals surface area contributed by atoms with Crippen LogP contribution in [0.3, 0.4) is 0 Å². The fourth-order valence-corrected chi connectivity index (χ4v) is 2.78. The van der Waals surface area contributed by atoms with E-state index in [4.69, 9.17) is 0 Å². The number of nitrogens with zero attached hydrogens (tertiary/aromatic N) is 1. The second-order valence-corrected chi connectivity index (χ2v) is 6.57. The molecule has 23 heavy (non-hydrogen) atoms. The Bertz CT molecular complexity index is 542. The van der Waals surface area contributed by atoms with E-state index in [2.05, 4.69) is 19.2 Å². The van der Waals surface area contributed by atoms with Gasteiger partial charge < -0.3 is 10.2 Å². The Labute approximate surface area is 137 Å². The van der Waals surface area contributed by atoms with E-state index >= 15 is 0 Å². The summed E-state index contributed by atoms with van der Waals surface area (Å²) in [6.07, 6.45) is 2.58. The monoisotopic (exact) mass is 320 g/mol. The molecule has 0 aliphatic carbocycles. The van der Waals surface area contributed by atoms with Crippen LogP contribution in [0.4, 0.5) is 4.39 Å². The number of amides is 2. The average Bonchev–Trinajstić information content (AvgIpc) is 2.54. The van der Waals surface area contributed by atoms with Gasteiger partial charge in [0.1, 0.15) is 5.82 Å². The van der Waals surface area contributed by atoms with Gasteiger partial charge in [-0.2, -0.15) is 0 Å². The highest BCUT2D eigenvalue weighted by atomic mass is 19.1. The molecule has 1 N–H and O–H groups in total. The van der Waals surface area contributed by atoms with E-state index in [1.54, 1.807) is 4.90 Å². The number of carbonyl (C=O) groups is 2. The number of hydrogen-bond acceptors (Lipinski definition) is 2. The summed E-state index contributed by atoms with van der Waals surface area (Å²) in [6, 6.07) is 5.55. The minimum Gasteiger partial charge on any atom is -0.356 e. The summed E-state index contributed by atoms with van der Waals surface area (Å²) in [5.41, 5.74) is 0.465. The van der Waals surface area contributed by atoms with Gasteiger partial charge in [0.15, 0.2) is 0 Å². The lowest BCUT2D eigenvalue weighted by Crippen LogP contribution is -2.45. The quantitative estimate of drug-likeness (QED) is 0.907. The molecule has 0 aromatic heterocycles. The van der Waals surface area contributed by atoms with Crippen molar-refractivity contribution in [1.29, 1.82) is 0 Å². The number of halogens is 1. The van der Waals surface area contributed by atoms with Gasteiger partial charge in [0.05, 0.1) is 5.92 Å². The van der Waals surface area contributed by atoms with Crippen LogP contribution in [0, 0.1) is 17.7 Å². The first kappa shape index (κ1) is 17.4. The summed E-state index contributed by atoms with van der Waals surface area (Å²) in [4.78, 5) is 26.4. The van der Waals surface area contributed by atoms with E-state index in [1.165, 1.54) is 24.3 Å². The fourth-order valence-electron chi connectivity index (χ4n) is 2.78. The predicted molar refractivity (Wildman–Crippen MR) is 87.5 cm³/mol. The standard InChI is InChI=1S/C18H25FN2O2/c1-13(2)9-10-20-17(22)15-4-3-11-21(12-15)18(23)14-5-7-16(19)8-6-14/h5-8,13,15H,3-4,9-12H2,1-2H3,(H,20,22). The van der Waals surface area contributed by atoms with Crippen molar-refractivity contribution < 1.29 is 14.0 Å². The van der Waals surface area contributed by atoms with E-state index in [1.807, 2.05) is 0 Å². The topological polar surface area (TPSA) is 49.4 Å². The SMILES string of the molecule is CC(C)CCNC(=O)C1CCCN(C(=O)c2ccc(F)cc2)C1. The minimum absolute atomic E-state index is 0.0299. The first-order chi connectivity index (χ1) is 11.0. The Morgan fingerprint density at radius 1 is 1.30 bits per heavy atom. The maximum atomic E-state index is 13.0. The molecule has 4 nitrogen and oxygen atoms in total. The van der Waals surface area contributed by atoms with Crippen molar-refractivity contribution in [2.45, 2.75) is 33.1 Å². The summed E-state index contributed by atoms with van der Waals surface area (Å²) in [5, 5.41) is 2.96. The number of nitrogens with one attached hydrogen (secondary N) is 1. The molecule has 1 fully saturated rings. The number of benzene rings is 1. The van der Waals surface area contributed by atoms with Gasteiger partial charge in [-0.15, -0.1) is 0 Å². The third kappa shape index (κ3) is 5.05. The van der Waals surface area contributed by atoms with Crippen LogP contribution in [-0.4, -0.2) is 36.3 Å². The molecular formula is C18H25FN2O2. The van der Waals surface area contributed by atoms with Crippen molar-refractivity contribution in [1.82, 2.24) is 10.2 Å². The van der Waals surface area contributed by atoms with Crippen molar-refractivity contribution in [3.63, 3.8) is 0 Å². The van der Waals surface area contributed by atoms with Gasteiger partial charge in [0.25, 0.3) is 5.91 Å². The smallest absolute Gasteiger partial charge is 0.253 e. The molecule has 0 radical (unpaired) electrons. The first-order valence-corrected chi connectivity index (χ1v) is 8.30. The van der Waals surface area contributed by atoms with Gasteiger partial charge in [-0.1, -0.05) is 13.8 Å². The molecule has 1 aliphatic rings. The molecule has 1 unspecified atom stereocenters. The van der Waals surface area contributed by atoms with E-state index < -0.39 is 0 Å². The van der Waals surface area contributed by atoms with E-state index in [0.717, 1.165) is 19.3 Å². The third-order valence-electron chi connectivity index (χ3n) is 4.19. The summed E-state index contributed by atoms with van der Waals surface area (Å²) in [5.74, 6) is -0.0620. The number of likely N-dealkylation sites (tertiary alicyclic amines) is 1. The van der Waals surface area contributed by atoms with Crippen molar-refractivity contribution in [2.24, 2.45) is 11.8 Å². The molecule has 5 heteroatoms. The Morgan fingerprint density at radius 2 is 2.00 bits per heavy atom. The Balaban J connectivity index is 1.91. The van der Waals surface area contributed by atoms with Crippen LogP contribution in [0.15, 0.2) is 24.3 Å². The van der Waals surface area contributed by atoms with Crippen LogP contribution in [0.1, 0.15) is 43.5 Å². The molecule has 2 rings (SSSR count). The van der Waals surface area contributed by atoms with Gasteiger partial charge in [-0.05, 0) is 49.4 Å². The van der Waals surface area contributed by atoms with Gasteiger partial charge in [0.2, 0.25) is 5.91 Å². The maximum Gasteiger partial charge on any atom is 0.253 e. The molecule has 2 amide bonds. The van der Waals surface area contributed by atoms with Gasteiger partial charge in [-0.25, -0.2) is 4.39 Å². The minimum atomic E-state index is -0.359. The second-order valence-electron chi connectivity index (χ2n) is 6.57. The van der Waals surface area contributed by atoms with E-state index in [0.29, 0.717) is 31.1 Å². The highest BCUT2D eigenvalue weighted by Crippen LogP contribution is 2.19. The normalized spacial score (nSPS) is 18.1. The molecular weight excluding hydrogens is 295 g/mol. The van der Waals surface area contributed by atoms with Crippen LogP contribution in [0.2, 0.25) is 0 Å². The Morgan fingerprint density at radius 3 is 2.65 bits per heavy atom. The molecule has 0 saturated carbocycles. The summed E-state index contributed by atoms with van der Waals surface area (Å²) < 4.78 is 13.0. The van der Waals surface area contributed by atoms with Crippen LogP contribution in [0.25, 0.3) is 0 Å². The fraction of sp³-hybridized carbons (Fsp3) is 0.556. The molecule has 1 aliphatic heterocycles. The molecule has 0 spiro atoms. The average molecular weight is 320 g/mol. The highest BCUT2D eigenvalue weighted by molar-refractivity contribution is 5.94. The Hall–Kier alpha value is -1.91. The lowest BCUT2D eigenvalue weighted by molar-refractivity contribution is -0.126. The van der Waals surface area contributed by atoms with E-state index in [9.17, 15) is 14.0 Å². The molecule has 126 valence electrons. The van der Waals surface area contributed by atoms with Crippen molar-refractivity contribution >= 4 is 11.8 Å². The van der Waals surface area contributed by atoms with Crippen LogP contribution in [0.5, 0.6) is 0 Å². The van der Waals surface area contributed by atoms with E-state index in [-0.39, 0.29) is 23.5 Å². The van der Waals surface area contributed by atoms with Crippen LogP contribution >= 0.6 is 0 Å². The van der Waals surface area contributed by atoms with Crippen molar-refractivity contribution in [3.05, 3.63) is 35.6 Å². The first-order valence-electron chi connectivity index (χ1n) is 8.30. The highest BCUT2D eigenvalue weighted by Gasteiger charge is 2.28. The van der Waals surface area contributed by atoms with Gasteiger partial charge >= 0.3 is 0 Å². The molecule has 1 saturated heterocycles. The summed E-state index contributed by atoms with van der Waals surface area (Å²) >= 11 is 0. The Kier molecular flexibility index (Phi) is 6.13. The maximum absolute atomic E-state index is 13.0.